The van der Waals surface area contributed by atoms with E-state index in [2.05, 4.69) is 5.32 Å². The molecule has 28 heavy (non-hydrogen) atoms. The first-order valence-electron chi connectivity index (χ1n) is 9.61. The lowest BCUT2D eigenvalue weighted by Crippen LogP contribution is -2.33. The van der Waals surface area contributed by atoms with Gasteiger partial charge >= 0.3 is 12.2 Å². The highest BCUT2D eigenvalue weighted by Gasteiger charge is 2.33. The average Bonchev–Trinajstić information content (AvgIpc) is 3.26. The molecule has 8 heteroatoms. The van der Waals surface area contributed by atoms with E-state index in [1.807, 2.05) is 38.1 Å². The molecule has 0 saturated carbocycles. The molecule has 2 saturated heterocycles. The van der Waals surface area contributed by atoms with Gasteiger partial charge in [0.2, 0.25) is 5.91 Å². The Morgan fingerprint density at radius 2 is 1.96 bits per heavy atom. The van der Waals surface area contributed by atoms with Crippen molar-refractivity contribution >= 4 is 23.8 Å². The maximum Gasteiger partial charge on any atom is 0.414 e. The van der Waals surface area contributed by atoms with Gasteiger partial charge in [-0.15, -0.1) is 0 Å². The first-order valence-corrected chi connectivity index (χ1v) is 9.61. The summed E-state index contributed by atoms with van der Waals surface area (Å²) < 4.78 is 10.6. The van der Waals surface area contributed by atoms with Crippen LogP contribution in [0.15, 0.2) is 24.3 Å². The molecule has 2 heterocycles. The standard InChI is InChI=1S/C20H27N3O5/c1-13(2)27-19(25)22-9-8-16(11-22)15-4-6-17(7-5-15)23-12-18(28-20(23)26)10-21-14(3)24/h4-7,13,16,18H,8-12H2,1-3H3,(H,21,24)/t16?,18-/m0/s1. The van der Waals surface area contributed by atoms with Crippen molar-refractivity contribution in [1.82, 2.24) is 10.2 Å². The summed E-state index contributed by atoms with van der Waals surface area (Å²) in [5.74, 6) is 0.105. The quantitative estimate of drug-likeness (QED) is 0.836. The minimum atomic E-state index is -0.411. The number of carbonyl (C=O) groups is 3. The topological polar surface area (TPSA) is 88.2 Å². The van der Waals surface area contributed by atoms with Crippen molar-refractivity contribution in [3.63, 3.8) is 0 Å². The third kappa shape index (κ3) is 4.74. The molecular weight excluding hydrogens is 362 g/mol. The summed E-state index contributed by atoms with van der Waals surface area (Å²) >= 11 is 0. The van der Waals surface area contributed by atoms with Crippen molar-refractivity contribution in [3.05, 3.63) is 29.8 Å². The summed E-state index contributed by atoms with van der Waals surface area (Å²) in [6, 6.07) is 7.77. The lowest BCUT2D eigenvalue weighted by Gasteiger charge is -2.18. The second kappa shape index (κ2) is 8.50. The van der Waals surface area contributed by atoms with Crippen LogP contribution in [0.4, 0.5) is 15.3 Å². The number of nitrogens with zero attached hydrogens (tertiary/aromatic N) is 2. The average molecular weight is 389 g/mol. The Bertz CT molecular complexity index is 734. The lowest BCUT2D eigenvalue weighted by molar-refractivity contribution is -0.119. The Labute approximate surface area is 164 Å². The number of anilines is 1. The monoisotopic (exact) mass is 389 g/mol. The van der Waals surface area contributed by atoms with Crippen LogP contribution in [0, 0.1) is 0 Å². The van der Waals surface area contributed by atoms with E-state index in [0.717, 1.165) is 17.7 Å². The highest BCUT2D eigenvalue weighted by atomic mass is 16.6. The number of ether oxygens (including phenoxy) is 2. The molecule has 1 N–H and O–H groups in total. The predicted octanol–water partition coefficient (Wildman–Crippen LogP) is 2.48. The van der Waals surface area contributed by atoms with Crippen LogP contribution in [-0.2, 0) is 14.3 Å². The molecule has 1 unspecified atom stereocenters. The van der Waals surface area contributed by atoms with E-state index in [9.17, 15) is 14.4 Å². The van der Waals surface area contributed by atoms with Crippen LogP contribution in [0.5, 0.6) is 0 Å². The lowest BCUT2D eigenvalue weighted by atomic mass is 9.98. The Morgan fingerprint density at radius 1 is 1.25 bits per heavy atom. The third-order valence-corrected chi connectivity index (χ3v) is 4.91. The fraction of sp³-hybridized carbons (Fsp3) is 0.550. The highest BCUT2D eigenvalue weighted by molar-refractivity contribution is 5.89. The van der Waals surface area contributed by atoms with Crippen LogP contribution in [0.25, 0.3) is 0 Å². The maximum absolute atomic E-state index is 12.1. The van der Waals surface area contributed by atoms with E-state index in [1.54, 1.807) is 9.80 Å². The number of cyclic esters (lactones) is 1. The van der Waals surface area contributed by atoms with Gasteiger partial charge < -0.3 is 19.7 Å². The van der Waals surface area contributed by atoms with Crippen molar-refractivity contribution < 1.29 is 23.9 Å². The van der Waals surface area contributed by atoms with Gasteiger partial charge in [0.1, 0.15) is 6.10 Å². The number of hydrogen-bond donors (Lipinski definition) is 1. The first kappa shape index (κ1) is 20.0. The fourth-order valence-corrected chi connectivity index (χ4v) is 3.50. The molecular formula is C20H27N3O5. The predicted molar refractivity (Wildman–Crippen MR) is 103 cm³/mol. The van der Waals surface area contributed by atoms with E-state index in [0.29, 0.717) is 26.2 Å². The smallest absolute Gasteiger partial charge is 0.414 e. The van der Waals surface area contributed by atoms with Crippen molar-refractivity contribution in [1.29, 1.82) is 0 Å². The summed E-state index contributed by atoms with van der Waals surface area (Å²) in [7, 11) is 0. The van der Waals surface area contributed by atoms with E-state index in [1.165, 1.54) is 6.92 Å². The van der Waals surface area contributed by atoms with Gasteiger partial charge in [0.05, 0.1) is 19.2 Å². The zero-order valence-electron chi connectivity index (χ0n) is 16.5. The van der Waals surface area contributed by atoms with Gasteiger partial charge in [0.15, 0.2) is 0 Å². The van der Waals surface area contributed by atoms with Gasteiger partial charge in [0.25, 0.3) is 0 Å². The summed E-state index contributed by atoms with van der Waals surface area (Å²) in [5.41, 5.74) is 1.89. The van der Waals surface area contributed by atoms with Gasteiger partial charge in [-0.1, -0.05) is 12.1 Å². The SMILES string of the molecule is CC(=O)NC[C@H]1CN(c2ccc(C3CCN(C(=O)OC(C)C)C3)cc2)C(=O)O1. The van der Waals surface area contributed by atoms with Gasteiger partial charge in [-0.25, -0.2) is 9.59 Å². The second-order valence-corrected chi connectivity index (χ2v) is 7.51. The summed E-state index contributed by atoms with van der Waals surface area (Å²) in [6.07, 6.45) is -0.269. The molecule has 0 bridgehead atoms. The molecule has 2 fully saturated rings. The van der Waals surface area contributed by atoms with Crippen molar-refractivity contribution in [3.8, 4) is 0 Å². The van der Waals surface area contributed by atoms with Crippen molar-refractivity contribution in [2.45, 2.75) is 45.3 Å². The zero-order chi connectivity index (χ0) is 20.3. The minimum Gasteiger partial charge on any atom is -0.447 e. The molecule has 0 aromatic heterocycles. The van der Waals surface area contributed by atoms with Crippen LogP contribution < -0.4 is 10.2 Å². The molecule has 3 rings (SSSR count). The first-order chi connectivity index (χ1) is 13.3. The molecule has 1 aromatic rings. The van der Waals surface area contributed by atoms with Crippen LogP contribution in [0.3, 0.4) is 0 Å². The molecule has 2 aliphatic rings. The number of nitrogens with one attached hydrogen (secondary N) is 1. The molecule has 152 valence electrons. The van der Waals surface area contributed by atoms with E-state index < -0.39 is 6.09 Å². The number of likely N-dealkylation sites (tertiary alicyclic amines) is 1. The van der Waals surface area contributed by atoms with Gasteiger partial charge in [-0.2, -0.15) is 0 Å². The molecule has 2 aliphatic heterocycles. The Morgan fingerprint density at radius 3 is 2.61 bits per heavy atom. The van der Waals surface area contributed by atoms with Gasteiger partial charge in [-0.05, 0) is 38.0 Å². The normalized spacial score (nSPS) is 21.8. The molecule has 0 radical (unpaired) electrons. The molecule has 8 nitrogen and oxygen atoms in total. The molecule has 0 spiro atoms. The second-order valence-electron chi connectivity index (χ2n) is 7.51. The highest BCUT2D eigenvalue weighted by Crippen LogP contribution is 2.30. The molecule has 3 amide bonds. The van der Waals surface area contributed by atoms with Crippen LogP contribution in [-0.4, -0.2) is 61.4 Å². The zero-order valence-corrected chi connectivity index (χ0v) is 16.5. The van der Waals surface area contributed by atoms with Gasteiger partial charge in [-0.3, -0.25) is 9.69 Å². The molecule has 0 aliphatic carbocycles. The Kier molecular flexibility index (Phi) is 6.06. The minimum absolute atomic E-state index is 0.125. The number of carbonyl (C=O) groups excluding carboxylic acids is 3. The largest absolute Gasteiger partial charge is 0.447 e. The van der Waals surface area contributed by atoms with Gasteiger partial charge in [0, 0.05) is 31.6 Å². The number of rotatable bonds is 5. The summed E-state index contributed by atoms with van der Waals surface area (Å²) in [4.78, 5) is 38.5. The Balaban J connectivity index is 1.58. The van der Waals surface area contributed by atoms with Crippen molar-refractivity contribution in [2.75, 3.05) is 31.1 Å². The molecule has 2 atom stereocenters. The number of amides is 3. The number of hydrogen-bond acceptors (Lipinski definition) is 5. The Hall–Kier alpha value is -2.77. The summed E-state index contributed by atoms with van der Waals surface area (Å²) in [5, 5.41) is 2.67. The third-order valence-electron chi connectivity index (χ3n) is 4.91. The van der Waals surface area contributed by atoms with Crippen LogP contribution in [0.1, 0.15) is 38.7 Å². The van der Waals surface area contributed by atoms with E-state index in [4.69, 9.17) is 9.47 Å². The number of benzene rings is 1. The maximum atomic E-state index is 12.1. The summed E-state index contributed by atoms with van der Waals surface area (Å²) in [6.45, 7) is 7.13. The fourth-order valence-electron chi connectivity index (χ4n) is 3.50. The van der Waals surface area contributed by atoms with Crippen LogP contribution >= 0.6 is 0 Å². The van der Waals surface area contributed by atoms with Crippen molar-refractivity contribution in [2.24, 2.45) is 0 Å². The van der Waals surface area contributed by atoms with E-state index in [-0.39, 0.29) is 30.1 Å². The van der Waals surface area contributed by atoms with Crippen LogP contribution in [0.2, 0.25) is 0 Å². The molecule has 1 aromatic carbocycles. The van der Waals surface area contributed by atoms with E-state index >= 15 is 0 Å².